The molecule has 9 heteroatoms. The fraction of sp³-hybridized carbons (Fsp3) is 0.360. The molecule has 0 bridgehead atoms. The monoisotopic (exact) mass is 468 g/mol. The Morgan fingerprint density at radius 3 is 2.47 bits per heavy atom. The number of nitrogens with zero attached hydrogens (tertiary/aromatic N) is 1. The van der Waals surface area contributed by atoms with Gasteiger partial charge in [-0.3, -0.25) is 9.59 Å². The van der Waals surface area contributed by atoms with Crippen molar-refractivity contribution < 1.29 is 38.9 Å². The second-order valence-electron chi connectivity index (χ2n) is 8.24. The van der Waals surface area contributed by atoms with Crippen LogP contribution in [0.1, 0.15) is 17.2 Å². The van der Waals surface area contributed by atoms with Gasteiger partial charge >= 0.3 is 0 Å². The first kappa shape index (κ1) is 23.6. The number of carbonyl (C=O) groups is 2. The highest BCUT2D eigenvalue weighted by atomic mass is 16.5. The molecule has 0 radical (unpaired) electrons. The van der Waals surface area contributed by atoms with Crippen LogP contribution in [0.15, 0.2) is 48.0 Å². The number of ether oxygens (including phenoxy) is 3. The molecule has 0 spiro atoms. The summed E-state index contributed by atoms with van der Waals surface area (Å²) in [5.74, 6) is -1.34. The molecular formula is C25H28N2O7. The first-order valence-electron chi connectivity index (χ1n) is 11.1. The van der Waals surface area contributed by atoms with E-state index in [1.165, 1.54) is 36.2 Å². The minimum atomic E-state index is -0.850. The number of hydrogen-bond acceptors (Lipinski definition) is 7. The Labute approximate surface area is 197 Å². The molecule has 2 aliphatic rings. The van der Waals surface area contributed by atoms with E-state index in [0.29, 0.717) is 43.2 Å². The SMILES string of the molecule is COc1ccc(/C(O)=C2/C(=O)C(=O)N(CC[NH+]3CCOCC3)C2c2ccc([O-])c(OC)c2)cc1. The first-order chi connectivity index (χ1) is 16.4. The summed E-state index contributed by atoms with van der Waals surface area (Å²) >= 11 is 0. The van der Waals surface area contributed by atoms with E-state index in [9.17, 15) is 19.8 Å². The van der Waals surface area contributed by atoms with Crippen molar-refractivity contribution in [1.82, 2.24) is 4.90 Å². The molecule has 1 unspecified atom stereocenters. The number of Topliss-reactive ketones (excluding diaryl/α,β-unsaturated/α-hetero) is 1. The molecule has 2 saturated heterocycles. The molecule has 2 N–H and O–H groups in total. The van der Waals surface area contributed by atoms with Crippen LogP contribution in [-0.4, -0.2) is 75.3 Å². The van der Waals surface area contributed by atoms with E-state index < -0.39 is 17.7 Å². The molecular weight excluding hydrogens is 440 g/mol. The lowest BCUT2D eigenvalue weighted by Crippen LogP contribution is -3.14. The minimum Gasteiger partial charge on any atom is -0.870 e. The number of carbonyl (C=O) groups excluding carboxylic acids is 2. The van der Waals surface area contributed by atoms with Gasteiger partial charge in [0.1, 0.15) is 30.3 Å². The first-order valence-corrected chi connectivity index (χ1v) is 11.1. The number of aliphatic hydroxyl groups excluding tert-OH is 1. The molecule has 1 amide bonds. The highest BCUT2D eigenvalue weighted by molar-refractivity contribution is 6.46. The van der Waals surface area contributed by atoms with Crippen LogP contribution >= 0.6 is 0 Å². The van der Waals surface area contributed by atoms with Crippen LogP contribution < -0.4 is 19.5 Å². The van der Waals surface area contributed by atoms with E-state index in [0.717, 1.165) is 13.1 Å². The summed E-state index contributed by atoms with van der Waals surface area (Å²) in [6.07, 6.45) is 0. The molecule has 0 aromatic heterocycles. The molecule has 9 nitrogen and oxygen atoms in total. The molecule has 1 atom stereocenters. The molecule has 0 aliphatic carbocycles. The highest BCUT2D eigenvalue weighted by Gasteiger charge is 2.46. The largest absolute Gasteiger partial charge is 0.870 e. The number of amides is 1. The number of benzene rings is 2. The third-order valence-corrected chi connectivity index (χ3v) is 6.31. The maximum absolute atomic E-state index is 13.2. The van der Waals surface area contributed by atoms with Crippen molar-refractivity contribution in [2.75, 3.05) is 53.6 Å². The summed E-state index contributed by atoms with van der Waals surface area (Å²) in [7, 11) is 2.92. The average Bonchev–Trinajstić information content (AvgIpc) is 3.13. The van der Waals surface area contributed by atoms with Gasteiger partial charge in [-0.2, -0.15) is 0 Å². The Bertz CT molecular complexity index is 1090. The summed E-state index contributed by atoms with van der Waals surface area (Å²) in [4.78, 5) is 29.0. The van der Waals surface area contributed by atoms with Gasteiger partial charge in [-0.15, -0.1) is 0 Å². The van der Waals surface area contributed by atoms with Gasteiger partial charge in [0.2, 0.25) is 0 Å². The molecule has 4 rings (SSSR count). The van der Waals surface area contributed by atoms with Crippen molar-refractivity contribution >= 4 is 17.4 Å². The molecule has 2 aliphatic heterocycles. The number of quaternary nitrogens is 1. The van der Waals surface area contributed by atoms with E-state index >= 15 is 0 Å². The van der Waals surface area contributed by atoms with E-state index in [2.05, 4.69) is 0 Å². The number of likely N-dealkylation sites (tertiary alicyclic amines) is 1. The molecule has 2 aromatic rings. The van der Waals surface area contributed by atoms with E-state index in [4.69, 9.17) is 14.2 Å². The van der Waals surface area contributed by atoms with Gasteiger partial charge in [-0.25, -0.2) is 0 Å². The van der Waals surface area contributed by atoms with E-state index in [-0.39, 0.29) is 22.8 Å². The third-order valence-electron chi connectivity index (χ3n) is 6.31. The number of ketones is 1. The lowest BCUT2D eigenvalue weighted by molar-refractivity contribution is -0.907. The fourth-order valence-corrected chi connectivity index (χ4v) is 4.40. The summed E-state index contributed by atoms with van der Waals surface area (Å²) in [6, 6.07) is 10.2. The lowest BCUT2D eigenvalue weighted by Gasteiger charge is -2.29. The Morgan fingerprint density at radius 1 is 1.12 bits per heavy atom. The second kappa shape index (κ2) is 10.1. The van der Waals surface area contributed by atoms with E-state index in [1.807, 2.05) is 0 Å². The van der Waals surface area contributed by atoms with Gasteiger partial charge in [-0.1, -0.05) is 17.9 Å². The van der Waals surface area contributed by atoms with Crippen molar-refractivity contribution in [2.24, 2.45) is 0 Å². The maximum Gasteiger partial charge on any atom is 0.295 e. The van der Waals surface area contributed by atoms with Crippen LogP contribution in [0.2, 0.25) is 0 Å². The summed E-state index contributed by atoms with van der Waals surface area (Å²) in [5, 5.41) is 23.2. The number of morpholine rings is 1. The van der Waals surface area contributed by atoms with Crippen molar-refractivity contribution in [3.05, 3.63) is 59.2 Å². The third kappa shape index (κ3) is 4.57. The van der Waals surface area contributed by atoms with Crippen LogP contribution in [0.5, 0.6) is 17.2 Å². The average molecular weight is 469 g/mol. The normalized spacial score (nSPS) is 20.5. The number of hydrogen-bond donors (Lipinski definition) is 2. The van der Waals surface area contributed by atoms with Crippen LogP contribution in [0.3, 0.4) is 0 Å². The van der Waals surface area contributed by atoms with Gasteiger partial charge in [0.05, 0.1) is 52.1 Å². The zero-order valence-corrected chi connectivity index (χ0v) is 19.2. The topological polar surface area (TPSA) is 113 Å². The fourth-order valence-electron chi connectivity index (χ4n) is 4.40. The molecule has 2 heterocycles. The van der Waals surface area contributed by atoms with Crippen molar-refractivity contribution in [2.45, 2.75) is 6.04 Å². The lowest BCUT2D eigenvalue weighted by atomic mass is 9.95. The highest BCUT2D eigenvalue weighted by Crippen LogP contribution is 2.41. The van der Waals surface area contributed by atoms with E-state index in [1.54, 1.807) is 30.3 Å². The van der Waals surface area contributed by atoms with Crippen LogP contribution in [0.4, 0.5) is 0 Å². The van der Waals surface area contributed by atoms with Crippen LogP contribution in [0, 0.1) is 0 Å². The Hall–Kier alpha value is -3.56. The predicted octanol–water partition coefficient (Wildman–Crippen LogP) is 0.114. The van der Waals surface area contributed by atoms with Gasteiger partial charge in [-0.05, 0) is 35.9 Å². The van der Waals surface area contributed by atoms with Crippen LogP contribution in [-0.2, 0) is 14.3 Å². The predicted molar refractivity (Wildman–Crippen MR) is 121 cm³/mol. The summed E-state index contributed by atoms with van der Waals surface area (Å²) in [5.41, 5.74) is 0.880. The zero-order valence-electron chi connectivity index (χ0n) is 19.2. The number of rotatable bonds is 7. The van der Waals surface area contributed by atoms with Gasteiger partial charge in [0, 0.05) is 5.56 Å². The molecule has 34 heavy (non-hydrogen) atoms. The van der Waals surface area contributed by atoms with Crippen LogP contribution in [0.25, 0.3) is 5.76 Å². The maximum atomic E-state index is 13.2. The molecule has 180 valence electrons. The van der Waals surface area contributed by atoms with Crippen molar-refractivity contribution in [3.63, 3.8) is 0 Å². The van der Waals surface area contributed by atoms with Gasteiger partial charge < -0.3 is 34.2 Å². The standard InChI is InChI=1S/C25H28N2O7/c1-32-18-6-3-16(4-7-18)23(29)21-22(17-5-8-19(28)20(15-17)33-2)27(25(31)24(21)30)10-9-26-11-13-34-14-12-26/h3-8,15,22,28-29H,9-14H2,1-2H3/b23-21-. The van der Waals surface area contributed by atoms with Gasteiger partial charge in [0.25, 0.3) is 11.7 Å². The number of methoxy groups -OCH3 is 2. The quantitative estimate of drug-likeness (QED) is 0.337. The minimum absolute atomic E-state index is 0.0205. The molecule has 2 aromatic carbocycles. The van der Waals surface area contributed by atoms with Crippen molar-refractivity contribution in [3.8, 4) is 17.2 Å². The molecule has 2 fully saturated rings. The van der Waals surface area contributed by atoms with Gasteiger partial charge in [0.15, 0.2) is 0 Å². The zero-order chi connectivity index (χ0) is 24.2. The molecule has 0 saturated carbocycles. The summed E-state index contributed by atoms with van der Waals surface area (Å²) in [6.45, 7) is 3.88. The second-order valence-corrected chi connectivity index (χ2v) is 8.24. The smallest absolute Gasteiger partial charge is 0.295 e. The number of aliphatic hydroxyl groups is 1. The van der Waals surface area contributed by atoms with Crippen molar-refractivity contribution in [1.29, 1.82) is 0 Å². The Balaban J connectivity index is 1.76. The number of nitrogens with one attached hydrogen (secondary N) is 1. The Morgan fingerprint density at radius 2 is 1.82 bits per heavy atom. The Kier molecular flexibility index (Phi) is 7.04. The summed E-state index contributed by atoms with van der Waals surface area (Å²) < 4.78 is 15.8.